The summed E-state index contributed by atoms with van der Waals surface area (Å²) >= 11 is 0. The molecule has 1 aromatic carbocycles. The fraction of sp³-hybridized carbons (Fsp3) is 0.364. The first-order valence-corrected chi connectivity index (χ1v) is 4.43. The fourth-order valence-electron chi connectivity index (χ4n) is 1.26. The first-order valence-electron chi connectivity index (χ1n) is 4.43. The minimum absolute atomic E-state index is 0.383. The van der Waals surface area contributed by atoms with Gasteiger partial charge in [-0.2, -0.15) is 0 Å². The first-order chi connectivity index (χ1) is 6.89. The molecular formula is C11H12F2O2. The van der Waals surface area contributed by atoms with Crippen molar-refractivity contribution < 1.29 is 18.3 Å². The Morgan fingerprint density at radius 2 is 1.87 bits per heavy atom. The van der Waals surface area contributed by atoms with Gasteiger partial charge >= 0.3 is 5.97 Å². The topological polar surface area (TPSA) is 26.3 Å². The number of esters is 1. The molecule has 0 N–H and O–H groups in total. The summed E-state index contributed by atoms with van der Waals surface area (Å²) in [6.07, 6.45) is 0. The molecule has 2 nitrogen and oxygen atoms in total. The van der Waals surface area contributed by atoms with E-state index in [1.54, 1.807) is 13.8 Å². The second kappa shape index (κ2) is 3.96. The van der Waals surface area contributed by atoms with Crippen LogP contribution in [0.3, 0.4) is 0 Å². The third kappa shape index (κ3) is 2.14. The molecule has 15 heavy (non-hydrogen) atoms. The molecule has 0 amide bonds. The Balaban J connectivity index is 3.16. The minimum atomic E-state index is -0.983. The third-order valence-electron chi connectivity index (χ3n) is 2.34. The van der Waals surface area contributed by atoms with E-state index >= 15 is 0 Å². The molecule has 1 rings (SSSR count). The van der Waals surface area contributed by atoms with Gasteiger partial charge in [-0.3, -0.25) is 4.79 Å². The lowest BCUT2D eigenvalue weighted by Gasteiger charge is -2.21. The summed E-state index contributed by atoms with van der Waals surface area (Å²) in [5, 5.41) is 0. The van der Waals surface area contributed by atoms with Gasteiger partial charge in [0, 0.05) is 0 Å². The molecule has 82 valence electrons. The van der Waals surface area contributed by atoms with Crippen molar-refractivity contribution in [1.29, 1.82) is 0 Å². The van der Waals surface area contributed by atoms with Gasteiger partial charge in [0.1, 0.15) is 0 Å². The van der Waals surface area contributed by atoms with Crippen LogP contribution in [0.4, 0.5) is 8.78 Å². The van der Waals surface area contributed by atoms with Crippen LogP contribution in [-0.4, -0.2) is 13.1 Å². The van der Waals surface area contributed by atoms with Crippen LogP contribution in [0.5, 0.6) is 0 Å². The van der Waals surface area contributed by atoms with E-state index in [9.17, 15) is 13.6 Å². The number of carbonyl (C=O) groups is 1. The summed E-state index contributed by atoms with van der Waals surface area (Å²) in [5.74, 6) is -2.39. The van der Waals surface area contributed by atoms with Gasteiger partial charge in [0.15, 0.2) is 11.6 Å². The second-order valence-electron chi connectivity index (χ2n) is 3.75. The number of hydrogen-bond acceptors (Lipinski definition) is 2. The molecule has 0 unspecified atom stereocenters. The van der Waals surface area contributed by atoms with Gasteiger partial charge in [-0.05, 0) is 31.5 Å². The third-order valence-corrected chi connectivity index (χ3v) is 2.34. The van der Waals surface area contributed by atoms with E-state index in [0.717, 1.165) is 12.1 Å². The highest BCUT2D eigenvalue weighted by molar-refractivity contribution is 5.82. The van der Waals surface area contributed by atoms with E-state index in [4.69, 9.17) is 0 Å². The summed E-state index contributed by atoms with van der Waals surface area (Å²) in [6, 6.07) is 3.37. The molecule has 0 saturated heterocycles. The van der Waals surface area contributed by atoms with E-state index in [0.29, 0.717) is 5.56 Å². The second-order valence-corrected chi connectivity index (χ2v) is 3.75. The Morgan fingerprint density at radius 1 is 1.27 bits per heavy atom. The lowest BCUT2D eigenvalue weighted by molar-refractivity contribution is -0.146. The van der Waals surface area contributed by atoms with Crippen LogP contribution < -0.4 is 0 Å². The molecule has 4 heteroatoms. The zero-order valence-electron chi connectivity index (χ0n) is 8.80. The molecule has 0 saturated carbocycles. The highest BCUT2D eigenvalue weighted by atomic mass is 19.2. The summed E-state index contributed by atoms with van der Waals surface area (Å²) in [4.78, 5) is 11.4. The molecular weight excluding hydrogens is 202 g/mol. The maximum absolute atomic E-state index is 12.9. The Morgan fingerprint density at radius 3 is 2.33 bits per heavy atom. The van der Waals surface area contributed by atoms with Crippen molar-refractivity contribution >= 4 is 5.97 Å². The van der Waals surface area contributed by atoms with E-state index in [1.165, 1.54) is 13.2 Å². The van der Waals surface area contributed by atoms with Crippen LogP contribution >= 0.6 is 0 Å². The highest BCUT2D eigenvalue weighted by Crippen LogP contribution is 2.25. The van der Waals surface area contributed by atoms with Crippen LogP contribution in [-0.2, 0) is 14.9 Å². The van der Waals surface area contributed by atoms with Gasteiger partial charge in [0.05, 0.1) is 12.5 Å². The van der Waals surface area contributed by atoms with Crippen LogP contribution in [0.1, 0.15) is 19.4 Å². The molecule has 0 radical (unpaired) electrons. The van der Waals surface area contributed by atoms with Crippen molar-refractivity contribution in [3.63, 3.8) is 0 Å². The van der Waals surface area contributed by atoms with E-state index in [1.807, 2.05) is 0 Å². The van der Waals surface area contributed by atoms with E-state index in [-0.39, 0.29) is 0 Å². The largest absolute Gasteiger partial charge is 0.468 e. The maximum Gasteiger partial charge on any atom is 0.315 e. The molecule has 0 heterocycles. The first kappa shape index (κ1) is 11.6. The lowest BCUT2D eigenvalue weighted by atomic mass is 9.85. The average molecular weight is 214 g/mol. The minimum Gasteiger partial charge on any atom is -0.468 e. The number of hydrogen-bond donors (Lipinski definition) is 0. The van der Waals surface area contributed by atoms with Gasteiger partial charge in [0.2, 0.25) is 0 Å². The molecule has 0 aliphatic carbocycles. The highest BCUT2D eigenvalue weighted by Gasteiger charge is 2.31. The Hall–Kier alpha value is -1.45. The predicted molar refractivity (Wildman–Crippen MR) is 51.4 cm³/mol. The van der Waals surface area contributed by atoms with Crippen LogP contribution in [0.15, 0.2) is 18.2 Å². The van der Waals surface area contributed by atoms with E-state index in [2.05, 4.69) is 4.74 Å². The van der Waals surface area contributed by atoms with Crippen LogP contribution in [0.25, 0.3) is 0 Å². The summed E-state index contributed by atoms with van der Waals surface area (Å²) in [7, 11) is 1.25. The molecule has 0 atom stereocenters. The number of carbonyl (C=O) groups excluding carboxylic acids is 1. The molecule has 0 bridgehead atoms. The zero-order chi connectivity index (χ0) is 11.6. The number of methoxy groups -OCH3 is 1. The molecule has 0 aromatic heterocycles. The average Bonchev–Trinajstić information content (AvgIpc) is 2.20. The summed E-state index contributed by atoms with van der Waals surface area (Å²) in [6.45, 7) is 3.18. The van der Waals surface area contributed by atoms with Gasteiger partial charge in [-0.1, -0.05) is 6.07 Å². The van der Waals surface area contributed by atoms with Crippen molar-refractivity contribution in [2.24, 2.45) is 0 Å². The molecule has 0 aliphatic heterocycles. The number of rotatable bonds is 2. The van der Waals surface area contributed by atoms with Crippen molar-refractivity contribution in [3.05, 3.63) is 35.4 Å². The predicted octanol–water partition coefficient (Wildman–Crippen LogP) is 2.42. The SMILES string of the molecule is COC(=O)C(C)(C)c1ccc(F)c(F)c1. The van der Waals surface area contributed by atoms with Crippen molar-refractivity contribution in [2.45, 2.75) is 19.3 Å². The monoisotopic (exact) mass is 214 g/mol. The Kier molecular flexibility index (Phi) is 3.07. The van der Waals surface area contributed by atoms with E-state index < -0.39 is 23.0 Å². The molecule has 0 fully saturated rings. The smallest absolute Gasteiger partial charge is 0.315 e. The van der Waals surface area contributed by atoms with Crippen molar-refractivity contribution in [3.8, 4) is 0 Å². The fourth-order valence-corrected chi connectivity index (χ4v) is 1.26. The molecule has 0 aliphatic rings. The molecule has 1 aromatic rings. The maximum atomic E-state index is 12.9. The summed E-state index contributed by atoms with van der Waals surface area (Å²) < 4.78 is 30.2. The lowest BCUT2D eigenvalue weighted by Crippen LogP contribution is -2.30. The standard InChI is InChI=1S/C11H12F2O2/c1-11(2,10(14)15-3)7-4-5-8(12)9(13)6-7/h4-6H,1-3H3. The van der Waals surface area contributed by atoms with Gasteiger partial charge in [0.25, 0.3) is 0 Å². The van der Waals surface area contributed by atoms with Gasteiger partial charge < -0.3 is 4.74 Å². The van der Waals surface area contributed by atoms with Crippen molar-refractivity contribution in [2.75, 3.05) is 7.11 Å². The summed E-state index contributed by atoms with van der Waals surface area (Å²) in [5.41, 5.74) is -0.600. The van der Waals surface area contributed by atoms with Crippen LogP contribution in [0, 0.1) is 11.6 Å². The Labute approximate surface area is 86.9 Å². The zero-order valence-corrected chi connectivity index (χ0v) is 8.80. The number of ether oxygens (including phenoxy) is 1. The number of halogens is 2. The number of benzene rings is 1. The van der Waals surface area contributed by atoms with Gasteiger partial charge in [-0.25, -0.2) is 8.78 Å². The quantitative estimate of drug-likeness (QED) is 0.707. The molecule has 0 spiro atoms. The van der Waals surface area contributed by atoms with Gasteiger partial charge in [-0.15, -0.1) is 0 Å². The Bertz CT molecular complexity index is 386. The van der Waals surface area contributed by atoms with Crippen molar-refractivity contribution in [1.82, 2.24) is 0 Å². The van der Waals surface area contributed by atoms with Crippen LogP contribution in [0.2, 0.25) is 0 Å². The normalized spacial score (nSPS) is 11.3.